The van der Waals surface area contributed by atoms with Crippen molar-refractivity contribution in [1.29, 1.82) is 0 Å². The minimum atomic E-state index is -0.0113. The molecule has 0 heterocycles. The summed E-state index contributed by atoms with van der Waals surface area (Å²) in [7, 11) is 0. The highest BCUT2D eigenvalue weighted by Crippen LogP contribution is 2.50. The van der Waals surface area contributed by atoms with Crippen LogP contribution in [0.1, 0.15) is 44.2 Å². The second kappa shape index (κ2) is 8.84. The zero-order chi connectivity index (χ0) is 24.0. The van der Waals surface area contributed by atoms with E-state index in [1.165, 1.54) is 44.8 Å². The molecule has 0 aliphatic heterocycles. The van der Waals surface area contributed by atoms with Gasteiger partial charge in [0.15, 0.2) is 0 Å². The van der Waals surface area contributed by atoms with Gasteiger partial charge in [0.1, 0.15) is 0 Å². The molecule has 3 aromatic carbocycles. The van der Waals surface area contributed by atoms with Crippen LogP contribution in [0.4, 0.5) is 11.4 Å². The maximum Gasteiger partial charge on any atom is 0.0560 e. The molecule has 3 aromatic rings. The Bertz CT molecular complexity index is 1400. The molecule has 0 saturated carbocycles. The first-order valence-electron chi connectivity index (χ1n) is 12.6. The summed E-state index contributed by atoms with van der Waals surface area (Å²) in [5.41, 5.74) is 10.7. The second-order valence-corrected chi connectivity index (χ2v) is 11.1. The number of fused-ring (bicyclic) bond motifs is 3. The molecular weight excluding hydrogens is 490 g/mol. The van der Waals surface area contributed by atoms with Crippen molar-refractivity contribution < 1.29 is 0 Å². The van der Waals surface area contributed by atoms with Crippen LogP contribution in [0.3, 0.4) is 0 Å². The maximum atomic E-state index is 3.62. The number of nitrogens with zero attached hydrogens (tertiary/aromatic N) is 1. The summed E-state index contributed by atoms with van der Waals surface area (Å²) >= 11 is 3.62. The van der Waals surface area contributed by atoms with E-state index in [0.29, 0.717) is 0 Å². The van der Waals surface area contributed by atoms with Gasteiger partial charge < -0.3 is 4.90 Å². The number of anilines is 2. The van der Waals surface area contributed by atoms with Gasteiger partial charge in [-0.1, -0.05) is 96.6 Å². The molecule has 35 heavy (non-hydrogen) atoms. The van der Waals surface area contributed by atoms with E-state index in [-0.39, 0.29) is 11.5 Å². The number of benzene rings is 3. The predicted molar refractivity (Wildman–Crippen MR) is 152 cm³/mol. The highest BCUT2D eigenvalue weighted by molar-refractivity contribution is 9.10. The molecule has 0 radical (unpaired) electrons. The summed E-state index contributed by atoms with van der Waals surface area (Å²) in [6.45, 7) is 4.71. The first-order chi connectivity index (χ1) is 17.0. The van der Waals surface area contributed by atoms with Crippen LogP contribution in [0.15, 0.2) is 119 Å². The van der Waals surface area contributed by atoms with Crippen molar-refractivity contribution >= 4 is 27.3 Å². The van der Waals surface area contributed by atoms with Gasteiger partial charge in [-0.3, -0.25) is 0 Å². The van der Waals surface area contributed by atoms with E-state index >= 15 is 0 Å². The summed E-state index contributed by atoms with van der Waals surface area (Å²) in [6.07, 6.45) is 17.3. The monoisotopic (exact) mass is 519 g/mol. The zero-order valence-electron chi connectivity index (χ0n) is 20.3. The average Bonchev–Trinajstić information content (AvgIpc) is 3.13. The first-order valence-corrected chi connectivity index (χ1v) is 13.4. The minimum Gasteiger partial charge on any atom is -0.334 e. The highest BCUT2D eigenvalue weighted by atomic mass is 79.9. The van der Waals surface area contributed by atoms with Gasteiger partial charge in [-0.25, -0.2) is 0 Å². The Morgan fingerprint density at radius 2 is 1.51 bits per heavy atom. The van der Waals surface area contributed by atoms with Gasteiger partial charge >= 0.3 is 0 Å². The van der Waals surface area contributed by atoms with Crippen molar-refractivity contribution in [3.63, 3.8) is 0 Å². The van der Waals surface area contributed by atoms with Crippen molar-refractivity contribution in [1.82, 2.24) is 0 Å². The fourth-order valence-electron chi connectivity index (χ4n) is 5.82. The van der Waals surface area contributed by atoms with Crippen LogP contribution in [0, 0.1) is 0 Å². The molecule has 174 valence electrons. The Morgan fingerprint density at radius 1 is 0.771 bits per heavy atom. The molecule has 0 amide bonds. The topological polar surface area (TPSA) is 3.24 Å². The molecule has 6 rings (SSSR count). The Hall–Kier alpha value is -3.10. The molecule has 1 atom stereocenters. The van der Waals surface area contributed by atoms with Crippen molar-refractivity contribution in [3.05, 3.63) is 130 Å². The van der Waals surface area contributed by atoms with Crippen LogP contribution >= 0.6 is 15.9 Å². The first kappa shape index (κ1) is 22.4. The molecular formula is C33H30BrN. The smallest absolute Gasteiger partial charge is 0.0560 e. The predicted octanol–water partition coefficient (Wildman–Crippen LogP) is 9.42. The summed E-state index contributed by atoms with van der Waals surface area (Å²) in [5, 5.41) is 0. The molecule has 0 saturated heterocycles. The third-order valence-corrected chi connectivity index (χ3v) is 8.22. The molecule has 1 unspecified atom stereocenters. The normalized spacial score (nSPS) is 19.6. The van der Waals surface area contributed by atoms with E-state index in [2.05, 4.69) is 138 Å². The Labute approximate surface area is 217 Å². The van der Waals surface area contributed by atoms with Crippen molar-refractivity contribution in [2.45, 2.75) is 44.6 Å². The van der Waals surface area contributed by atoms with Gasteiger partial charge in [0.2, 0.25) is 0 Å². The van der Waals surface area contributed by atoms with Gasteiger partial charge in [0, 0.05) is 21.3 Å². The van der Waals surface area contributed by atoms with Crippen molar-refractivity contribution in [2.24, 2.45) is 0 Å². The number of hydrogen-bond donors (Lipinski definition) is 0. The largest absolute Gasteiger partial charge is 0.334 e. The molecule has 0 fully saturated rings. The molecule has 0 bridgehead atoms. The van der Waals surface area contributed by atoms with Gasteiger partial charge in [-0.2, -0.15) is 0 Å². The lowest BCUT2D eigenvalue weighted by atomic mass is 9.82. The van der Waals surface area contributed by atoms with E-state index in [9.17, 15) is 0 Å². The molecule has 0 spiro atoms. The van der Waals surface area contributed by atoms with Gasteiger partial charge in [-0.15, -0.1) is 0 Å². The van der Waals surface area contributed by atoms with Gasteiger partial charge in [0.05, 0.1) is 6.04 Å². The fraction of sp³-hybridized carbons (Fsp3) is 0.212. The Kier molecular flexibility index (Phi) is 5.65. The van der Waals surface area contributed by atoms with E-state index < -0.39 is 0 Å². The Morgan fingerprint density at radius 3 is 2.26 bits per heavy atom. The van der Waals surface area contributed by atoms with Gasteiger partial charge in [-0.05, 0) is 89.1 Å². The van der Waals surface area contributed by atoms with Crippen LogP contribution in [-0.2, 0) is 5.41 Å². The standard InChI is InChI=1S/C33H30BrN/c1-33(2)31-11-7-6-10-29(31)30-21-20-28(22-32(30)33)35(27-18-14-25(34)15-19-27)26-16-12-24(13-17-26)23-8-4-3-5-9-23/h4,6-16,18-22,26H,3,5,17H2,1-2H3. The summed E-state index contributed by atoms with van der Waals surface area (Å²) in [4.78, 5) is 2.50. The third kappa shape index (κ3) is 3.94. The van der Waals surface area contributed by atoms with Crippen LogP contribution in [0.5, 0.6) is 0 Å². The number of rotatable bonds is 4. The van der Waals surface area contributed by atoms with E-state index in [1.54, 1.807) is 0 Å². The molecule has 2 heteroatoms. The van der Waals surface area contributed by atoms with Crippen molar-refractivity contribution in [3.8, 4) is 11.1 Å². The lowest BCUT2D eigenvalue weighted by Crippen LogP contribution is -2.30. The van der Waals surface area contributed by atoms with Crippen LogP contribution in [0.25, 0.3) is 11.1 Å². The lowest BCUT2D eigenvalue weighted by Gasteiger charge is -2.34. The maximum absolute atomic E-state index is 3.62. The molecule has 3 aliphatic carbocycles. The zero-order valence-corrected chi connectivity index (χ0v) is 21.9. The number of allylic oxidation sites excluding steroid dienone is 6. The third-order valence-electron chi connectivity index (χ3n) is 7.69. The van der Waals surface area contributed by atoms with E-state index in [4.69, 9.17) is 0 Å². The quantitative estimate of drug-likeness (QED) is 0.331. The summed E-state index contributed by atoms with van der Waals surface area (Å²) < 4.78 is 1.10. The van der Waals surface area contributed by atoms with Gasteiger partial charge in [0.25, 0.3) is 0 Å². The number of halogens is 1. The highest BCUT2D eigenvalue weighted by Gasteiger charge is 2.36. The molecule has 0 aromatic heterocycles. The molecule has 1 nitrogen and oxygen atoms in total. The average molecular weight is 521 g/mol. The molecule has 3 aliphatic rings. The van der Waals surface area contributed by atoms with E-state index in [0.717, 1.165) is 23.7 Å². The lowest BCUT2D eigenvalue weighted by molar-refractivity contribution is 0.659. The summed E-state index contributed by atoms with van der Waals surface area (Å²) in [6, 6.07) is 24.9. The minimum absolute atomic E-state index is 0.0113. The van der Waals surface area contributed by atoms with Crippen molar-refractivity contribution in [2.75, 3.05) is 4.90 Å². The van der Waals surface area contributed by atoms with Crippen LogP contribution < -0.4 is 4.90 Å². The fourth-order valence-corrected chi connectivity index (χ4v) is 6.08. The molecule has 0 N–H and O–H groups in total. The summed E-state index contributed by atoms with van der Waals surface area (Å²) in [5.74, 6) is 0. The second-order valence-electron chi connectivity index (χ2n) is 10.2. The van der Waals surface area contributed by atoms with Crippen LogP contribution in [-0.4, -0.2) is 6.04 Å². The van der Waals surface area contributed by atoms with Crippen LogP contribution in [0.2, 0.25) is 0 Å². The number of hydrogen-bond acceptors (Lipinski definition) is 1. The Balaban J connectivity index is 1.40. The van der Waals surface area contributed by atoms with E-state index in [1.807, 2.05) is 0 Å². The SMILES string of the molecule is CC1(C)c2ccccc2-c2ccc(N(c3ccc(Br)cc3)C3C=CC(C4=CCCC=C4)=CC3)cc21.